The fourth-order valence-corrected chi connectivity index (χ4v) is 2.89. The molecule has 0 bridgehead atoms. The molecule has 0 spiro atoms. The monoisotopic (exact) mass is 346 g/mol. The SMILES string of the molecule is O=[N+]([O-])c1ccccc1N=C1NN=C(c2ccc(Cl)cc2)CS1. The summed E-state index contributed by atoms with van der Waals surface area (Å²) < 4.78 is 0. The number of nitrogens with zero attached hydrogens (tertiary/aromatic N) is 3. The van der Waals surface area contributed by atoms with Gasteiger partial charge < -0.3 is 0 Å². The molecule has 1 N–H and O–H groups in total. The van der Waals surface area contributed by atoms with E-state index in [-0.39, 0.29) is 5.69 Å². The van der Waals surface area contributed by atoms with E-state index >= 15 is 0 Å². The summed E-state index contributed by atoms with van der Waals surface area (Å²) in [4.78, 5) is 14.8. The smallest absolute Gasteiger partial charge is 0.258 e. The lowest BCUT2D eigenvalue weighted by molar-refractivity contribution is -0.384. The molecule has 2 aromatic rings. The number of benzene rings is 2. The van der Waals surface area contributed by atoms with E-state index in [1.54, 1.807) is 30.3 Å². The maximum Gasteiger partial charge on any atom is 0.294 e. The quantitative estimate of drug-likeness (QED) is 0.673. The molecular formula is C15H11ClN4O2S. The van der Waals surface area contributed by atoms with Gasteiger partial charge >= 0.3 is 0 Å². The van der Waals surface area contributed by atoms with Gasteiger partial charge in [-0.15, -0.1) is 0 Å². The summed E-state index contributed by atoms with van der Waals surface area (Å²) in [5.74, 6) is 0.619. The number of halogens is 1. The third-order valence-electron chi connectivity index (χ3n) is 3.11. The van der Waals surface area contributed by atoms with E-state index in [0.29, 0.717) is 21.6 Å². The lowest BCUT2D eigenvalue weighted by Gasteiger charge is -2.14. The maximum atomic E-state index is 11.0. The van der Waals surface area contributed by atoms with Crippen LogP contribution >= 0.6 is 23.4 Å². The van der Waals surface area contributed by atoms with Crippen LogP contribution in [0.15, 0.2) is 58.6 Å². The molecule has 3 rings (SSSR count). The molecule has 0 unspecified atom stereocenters. The first kappa shape index (κ1) is 15.5. The third-order valence-corrected chi connectivity index (χ3v) is 4.24. The van der Waals surface area contributed by atoms with Crippen molar-refractivity contribution < 1.29 is 4.92 Å². The highest BCUT2D eigenvalue weighted by atomic mass is 35.5. The van der Waals surface area contributed by atoms with Gasteiger partial charge in [-0.2, -0.15) is 5.10 Å². The van der Waals surface area contributed by atoms with Crippen LogP contribution < -0.4 is 5.43 Å². The van der Waals surface area contributed by atoms with Gasteiger partial charge in [-0.25, -0.2) is 4.99 Å². The number of thioether (sulfide) groups is 1. The molecule has 1 aliphatic heterocycles. The number of aliphatic imine (C=N–C) groups is 1. The highest BCUT2D eigenvalue weighted by Crippen LogP contribution is 2.28. The van der Waals surface area contributed by atoms with E-state index in [1.165, 1.54) is 17.8 Å². The van der Waals surface area contributed by atoms with Gasteiger partial charge in [-0.05, 0) is 23.8 Å². The van der Waals surface area contributed by atoms with Gasteiger partial charge in [-0.1, -0.05) is 47.6 Å². The van der Waals surface area contributed by atoms with Crippen molar-refractivity contribution in [2.24, 2.45) is 10.1 Å². The Morgan fingerprint density at radius 3 is 2.61 bits per heavy atom. The molecule has 0 aliphatic carbocycles. The summed E-state index contributed by atoms with van der Waals surface area (Å²) in [6, 6.07) is 13.8. The second-order valence-corrected chi connectivity index (χ2v) is 6.03. The van der Waals surface area contributed by atoms with Crippen LogP contribution in [0.5, 0.6) is 0 Å². The topological polar surface area (TPSA) is 79.9 Å². The van der Waals surface area contributed by atoms with Gasteiger partial charge in [0.2, 0.25) is 0 Å². The molecule has 0 saturated heterocycles. The van der Waals surface area contributed by atoms with Crippen molar-refractivity contribution in [3.8, 4) is 0 Å². The third kappa shape index (κ3) is 3.69. The van der Waals surface area contributed by atoms with Crippen molar-refractivity contribution in [1.29, 1.82) is 0 Å². The zero-order valence-corrected chi connectivity index (χ0v) is 13.3. The highest BCUT2D eigenvalue weighted by Gasteiger charge is 2.16. The molecule has 0 atom stereocenters. The van der Waals surface area contributed by atoms with Crippen molar-refractivity contribution in [2.75, 3.05) is 5.75 Å². The summed E-state index contributed by atoms with van der Waals surface area (Å²) in [5.41, 5.74) is 4.95. The standard InChI is InChI=1S/C15H11ClN4O2S/c16-11-7-5-10(6-8-11)13-9-23-15(19-18-13)17-12-3-1-2-4-14(12)20(21)22/h1-8H,9H2,(H,17,19). The summed E-state index contributed by atoms with van der Waals surface area (Å²) in [6.45, 7) is 0. The molecule has 1 aliphatic rings. The molecule has 8 heteroatoms. The minimum atomic E-state index is -0.449. The number of rotatable bonds is 3. The lowest BCUT2D eigenvalue weighted by Crippen LogP contribution is -2.25. The summed E-state index contributed by atoms with van der Waals surface area (Å²) in [5, 5.41) is 16.5. The fraction of sp³-hybridized carbons (Fsp3) is 0.0667. The molecule has 0 amide bonds. The minimum Gasteiger partial charge on any atom is -0.258 e. The van der Waals surface area contributed by atoms with Crippen LogP contribution in [-0.4, -0.2) is 21.6 Å². The molecule has 6 nitrogen and oxygen atoms in total. The Bertz CT molecular complexity index is 805. The lowest BCUT2D eigenvalue weighted by atomic mass is 10.1. The number of para-hydroxylation sites is 2. The molecular weight excluding hydrogens is 336 g/mol. The first-order chi connectivity index (χ1) is 11.1. The van der Waals surface area contributed by atoms with Crippen LogP contribution in [0.2, 0.25) is 5.02 Å². The van der Waals surface area contributed by atoms with Crippen molar-refractivity contribution in [1.82, 2.24) is 5.43 Å². The predicted molar refractivity (Wildman–Crippen MR) is 93.8 cm³/mol. The molecule has 2 aromatic carbocycles. The first-order valence-electron chi connectivity index (χ1n) is 6.67. The van der Waals surface area contributed by atoms with E-state index in [9.17, 15) is 10.1 Å². The summed E-state index contributed by atoms with van der Waals surface area (Å²) in [6.07, 6.45) is 0. The Labute approximate surface area is 141 Å². The van der Waals surface area contributed by atoms with Gasteiger partial charge in [0.25, 0.3) is 5.69 Å². The first-order valence-corrected chi connectivity index (χ1v) is 8.03. The van der Waals surface area contributed by atoms with Gasteiger partial charge in [0.15, 0.2) is 5.17 Å². The van der Waals surface area contributed by atoms with Gasteiger partial charge in [0.1, 0.15) is 5.69 Å². The van der Waals surface area contributed by atoms with E-state index in [1.807, 2.05) is 12.1 Å². The number of nitro groups is 1. The Morgan fingerprint density at radius 2 is 1.96 bits per heavy atom. The van der Waals surface area contributed by atoms with Crippen LogP contribution in [0.3, 0.4) is 0 Å². The molecule has 1 heterocycles. The predicted octanol–water partition coefficient (Wildman–Crippen LogP) is 3.98. The second-order valence-electron chi connectivity index (χ2n) is 4.63. The van der Waals surface area contributed by atoms with Gasteiger partial charge in [0, 0.05) is 16.8 Å². The number of hydrazone groups is 1. The van der Waals surface area contributed by atoms with Crippen LogP contribution in [0, 0.1) is 10.1 Å². The molecule has 0 saturated carbocycles. The average molecular weight is 347 g/mol. The summed E-state index contributed by atoms with van der Waals surface area (Å²) >= 11 is 7.31. The van der Waals surface area contributed by atoms with E-state index in [0.717, 1.165) is 11.3 Å². The number of amidine groups is 1. The fourth-order valence-electron chi connectivity index (χ4n) is 1.99. The van der Waals surface area contributed by atoms with Gasteiger partial charge in [-0.3, -0.25) is 15.5 Å². The number of nitro benzene ring substituents is 1. The minimum absolute atomic E-state index is 0.0325. The van der Waals surface area contributed by atoms with Crippen LogP contribution in [0.1, 0.15) is 5.56 Å². The maximum absolute atomic E-state index is 11.0. The van der Waals surface area contributed by atoms with E-state index < -0.39 is 4.92 Å². The van der Waals surface area contributed by atoms with Crippen molar-refractivity contribution >= 4 is 45.6 Å². The molecule has 116 valence electrons. The highest BCUT2D eigenvalue weighted by molar-refractivity contribution is 8.14. The Kier molecular flexibility index (Phi) is 4.59. The van der Waals surface area contributed by atoms with Crippen LogP contribution in [0.4, 0.5) is 11.4 Å². The molecule has 0 radical (unpaired) electrons. The number of hydrogen-bond acceptors (Lipinski definition) is 5. The van der Waals surface area contributed by atoms with Gasteiger partial charge in [0.05, 0.1) is 10.6 Å². The zero-order chi connectivity index (χ0) is 16.2. The normalized spacial score (nSPS) is 15.9. The van der Waals surface area contributed by atoms with E-state index in [2.05, 4.69) is 15.5 Å². The van der Waals surface area contributed by atoms with Crippen molar-refractivity contribution in [3.05, 3.63) is 69.2 Å². The Morgan fingerprint density at radius 1 is 1.22 bits per heavy atom. The van der Waals surface area contributed by atoms with Crippen LogP contribution in [-0.2, 0) is 0 Å². The van der Waals surface area contributed by atoms with Crippen LogP contribution in [0.25, 0.3) is 0 Å². The zero-order valence-electron chi connectivity index (χ0n) is 11.8. The summed E-state index contributed by atoms with van der Waals surface area (Å²) in [7, 11) is 0. The molecule has 23 heavy (non-hydrogen) atoms. The number of hydrogen-bond donors (Lipinski definition) is 1. The number of nitrogens with one attached hydrogen (secondary N) is 1. The molecule has 0 fully saturated rings. The largest absolute Gasteiger partial charge is 0.294 e. The Hall–Kier alpha value is -2.38. The second kappa shape index (κ2) is 6.80. The molecule has 0 aromatic heterocycles. The van der Waals surface area contributed by atoms with Crippen molar-refractivity contribution in [3.63, 3.8) is 0 Å². The average Bonchev–Trinajstić information content (AvgIpc) is 2.57. The Balaban J connectivity index is 1.81. The van der Waals surface area contributed by atoms with Crippen molar-refractivity contribution in [2.45, 2.75) is 0 Å². The van der Waals surface area contributed by atoms with E-state index in [4.69, 9.17) is 11.6 Å².